The van der Waals surface area contributed by atoms with E-state index in [1.165, 1.54) is 15.8 Å². The quantitative estimate of drug-likeness (QED) is 0.759. The molecular formula is C22H28N4O2. The van der Waals surface area contributed by atoms with E-state index in [0.29, 0.717) is 16.5 Å². The molecule has 148 valence electrons. The first-order chi connectivity index (χ1) is 13.5. The second-order valence-corrected chi connectivity index (χ2v) is 7.70. The highest BCUT2D eigenvalue weighted by Crippen LogP contribution is 2.24. The van der Waals surface area contributed by atoms with Crippen molar-refractivity contribution in [2.75, 3.05) is 25.0 Å². The Morgan fingerprint density at radius 1 is 1.18 bits per heavy atom. The predicted octanol–water partition coefficient (Wildman–Crippen LogP) is 3.16. The summed E-state index contributed by atoms with van der Waals surface area (Å²) in [5, 5.41) is 0.692. The Morgan fingerprint density at radius 3 is 2.54 bits per heavy atom. The van der Waals surface area contributed by atoms with Crippen LogP contribution in [-0.4, -0.2) is 46.5 Å². The lowest BCUT2D eigenvalue weighted by Gasteiger charge is -2.38. The number of H-pyrrole nitrogens is 1. The van der Waals surface area contributed by atoms with E-state index in [-0.39, 0.29) is 18.9 Å². The molecule has 1 amide bonds. The number of aromatic nitrogens is 2. The minimum atomic E-state index is -0.120. The second kappa shape index (κ2) is 7.19. The predicted molar refractivity (Wildman–Crippen MR) is 114 cm³/mol. The number of carbonyl (C=O) groups is 1. The van der Waals surface area contributed by atoms with Gasteiger partial charge in [-0.1, -0.05) is 17.7 Å². The van der Waals surface area contributed by atoms with Gasteiger partial charge in [0.05, 0.1) is 5.56 Å². The smallest absolute Gasteiger partial charge is 0.274 e. The van der Waals surface area contributed by atoms with Gasteiger partial charge in [-0.15, -0.1) is 0 Å². The number of benzene rings is 1. The van der Waals surface area contributed by atoms with Crippen molar-refractivity contribution < 1.29 is 6.22 Å². The molecule has 3 aromatic rings. The fourth-order valence-corrected chi connectivity index (χ4v) is 4.06. The average Bonchev–Trinajstić information content (AvgIpc) is 3.20. The fourth-order valence-electron chi connectivity index (χ4n) is 4.06. The summed E-state index contributed by atoms with van der Waals surface area (Å²) in [7, 11) is 3.55. The normalized spacial score (nSPS) is 15.2. The average molecular weight is 380 g/mol. The van der Waals surface area contributed by atoms with Gasteiger partial charge in [-0.3, -0.25) is 9.59 Å². The summed E-state index contributed by atoms with van der Waals surface area (Å²) in [6.45, 7) is 3.95. The van der Waals surface area contributed by atoms with E-state index >= 15 is 0 Å². The lowest BCUT2D eigenvalue weighted by Crippen LogP contribution is -2.45. The lowest BCUT2D eigenvalue weighted by atomic mass is 10.0. The van der Waals surface area contributed by atoms with Crippen LogP contribution in [0.1, 0.15) is 30.2 Å². The summed E-state index contributed by atoms with van der Waals surface area (Å²) in [4.78, 5) is 32.6. The van der Waals surface area contributed by atoms with Gasteiger partial charge in [-0.05, 0) is 38.0 Å². The molecule has 1 fully saturated rings. The zero-order chi connectivity index (χ0) is 19.8. The highest BCUT2D eigenvalue weighted by atomic mass is 16.2. The number of amides is 1. The van der Waals surface area contributed by atoms with Crippen LogP contribution in [0, 0.1) is 6.92 Å². The Bertz CT molecular complexity index is 1060. The fraction of sp³-hybridized carbons (Fsp3) is 0.364. The van der Waals surface area contributed by atoms with Crippen LogP contribution in [0.25, 0.3) is 10.9 Å². The third kappa shape index (κ3) is 3.19. The van der Waals surface area contributed by atoms with Gasteiger partial charge in [0.25, 0.3) is 11.5 Å². The molecule has 0 radical (unpaired) electrons. The highest BCUT2D eigenvalue weighted by molar-refractivity contribution is 6.05. The summed E-state index contributed by atoms with van der Waals surface area (Å²) < 4.78 is 1.47. The number of nitrogens with zero attached hydrogens (tertiary/aromatic N) is 3. The van der Waals surface area contributed by atoms with Crippen molar-refractivity contribution in [3.8, 4) is 0 Å². The van der Waals surface area contributed by atoms with Gasteiger partial charge in [0.1, 0.15) is 5.52 Å². The Hall–Kier alpha value is -3.02. The monoisotopic (exact) mass is 380 g/mol. The Balaban J connectivity index is 0.00000240. The number of hydrogen-bond donors (Lipinski definition) is 1. The van der Waals surface area contributed by atoms with E-state index in [0.717, 1.165) is 25.9 Å². The zero-order valence-electron chi connectivity index (χ0n) is 16.6. The molecule has 1 aromatic carbocycles. The number of aryl methyl sites for hydroxylation is 2. The Morgan fingerprint density at radius 2 is 1.86 bits per heavy atom. The van der Waals surface area contributed by atoms with Crippen LogP contribution < -0.4 is 10.5 Å². The number of carbonyl (C=O) groups excluding carboxylic acids is 1. The van der Waals surface area contributed by atoms with Crippen molar-refractivity contribution in [1.82, 2.24) is 14.5 Å². The molecule has 0 aliphatic carbocycles. The van der Waals surface area contributed by atoms with Crippen LogP contribution in [0.2, 0.25) is 0 Å². The minimum Gasteiger partial charge on any atom is -0.371 e. The van der Waals surface area contributed by atoms with Crippen LogP contribution in [-0.2, 0) is 7.05 Å². The van der Waals surface area contributed by atoms with Gasteiger partial charge in [0.15, 0.2) is 0 Å². The summed E-state index contributed by atoms with van der Waals surface area (Å²) >= 11 is 0. The molecule has 2 aromatic heterocycles. The van der Waals surface area contributed by atoms with Gasteiger partial charge >= 0.3 is 0 Å². The van der Waals surface area contributed by atoms with Crippen LogP contribution in [0.5, 0.6) is 0 Å². The lowest BCUT2D eigenvalue weighted by molar-refractivity contribution is 0.0710. The van der Waals surface area contributed by atoms with Gasteiger partial charge in [-0.25, -0.2) is 0 Å². The van der Waals surface area contributed by atoms with Crippen molar-refractivity contribution in [2.45, 2.75) is 25.8 Å². The maximum atomic E-state index is 13.2. The van der Waals surface area contributed by atoms with Crippen LogP contribution >= 0.6 is 0 Å². The number of hydrogen-bond acceptors (Lipinski definition) is 3. The van der Waals surface area contributed by atoms with E-state index in [1.54, 1.807) is 25.5 Å². The molecule has 3 heterocycles. The standard InChI is InChI=1S/C22H26N4O2.H2/c1-15-4-6-17(7-5-15)26-12-9-16(10-13-26)25(3)21(27)19-14-24(2)22(28)20-18(19)8-11-23-20;/h4-8,11,14,16,23H,9-10,12-13H2,1-3H3;1H. The third-order valence-corrected chi connectivity index (χ3v) is 5.86. The molecule has 6 heteroatoms. The van der Waals surface area contributed by atoms with Gasteiger partial charge in [-0.2, -0.15) is 0 Å². The van der Waals surface area contributed by atoms with Crippen LogP contribution in [0.15, 0.2) is 47.5 Å². The molecule has 0 unspecified atom stereocenters. The summed E-state index contributed by atoms with van der Waals surface area (Å²) in [5.74, 6) is -0.0333. The van der Waals surface area contributed by atoms with Crippen molar-refractivity contribution in [3.63, 3.8) is 0 Å². The summed E-state index contributed by atoms with van der Waals surface area (Å²) in [5.41, 5.74) is 3.44. The number of piperidine rings is 1. The number of fused-ring (bicyclic) bond motifs is 1. The largest absolute Gasteiger partial charge is 0.371 e. The Kier molecular flexibility index (Phi) is 4.71. The molecule has 4 rings (SSSR count). The number of rotatable bonds is 3. The number of pyridine rings is 1. The SMILES string of the molecule is Cc1ccc(N2CCC(N(C)C(=O)c3cn(C)c(=O)c4[nH]ccc34)CC2)cc1.[HH]. The molecule has 1 saturated heterocycles. The maximum absolute atomic E-state index is 13.2. The van der Waals surface area contributed by atoms with E-state index in [2.05, 4.69) is 41.1 Å². The third-order valence-electron chi connectivity index (χ3n) is 5.86. The van der Waals surface area contributed by atoms with Crippen molar-refractivity contribution >= 4 is 22.5 Å². The van der Waals surface area contributed by atoms with Crippen molar-refractivity contribution in [1.29, 1.82) is 0 Å². The van der Waals surface area contributed by atoms with Gasteiger partial charge in [0, 0.05) is 58.1 Å². The Labute approximate surface area is 165 Å². The van der Waals surface area contributed by atoms with Crippen molar-refractivity contribution in [3.05, 3.63) is 64.2 Å². The van der Waals surface area contributed by atoms with Gasteiger partial charge in [0.2, 0.25) is 0 Å². The molecule has 6 nitrogen and oxygen atoms in total. The molecule has 1 aliphatic heterocycles. The summed E-state index contributed by atoms with van der Waals surface area (Å²) in [6.07, 6.45) is 5.22. The molecule has 0 bridgehead atoms. The van der Waals surface area contributed by atoms with Crippen molar-refractivity contribution in [2.24, 2.45) is 7.05 Å². The van der Waals surface area contributed by atoms with Crippen LogP contribution in [0.4, 0.5) is 5.69 Å². The van der Waals surface area contributed by atoms with E-state index in [9.17, 15) is 9.59 Å². The first kappa shape index (κ1) is 18.3. The molecule has 28 heavy (non-hydrogen) atoms. The minimum absolute atomic E-state index is 0. The van der Waals surface area contributed by atoms with E-state index in [1.807, 2.05) is 11.9 Å². The van der Waals surface area contributed by atoms with Crippen LogP contribution in [0.3, 0.4) is 0 Å². The summed E-state index contributed by atoms with van der Waals surface area (Å²) in [6, 6.07) is 10.6. The first-order valence-corrected chi connectivity index (χ1v) is 9.71. The first-order valence-electron chi connectivity index (χ1n) is 9.71. The number of nitrogens with one attached hydrogen (secondary N) is 1. The second-order valence-electron chi connectivity index (χ2n) is 7.70. The number of anilines is 1. The molecular weight excluding hydrogens is 352 g/mol. The highest BCUT2D eigenvalue weighted by Gasteiger charge is 2.27. The number of aromatic amines is 1. The van der Waals surface area contributed by atoms with E-state index in [4.69, 9.17) is 0 Å². The van der Waals surface area contributed by atoms with Gasteiger partial charge < -0.3 is 19.4 Å². The topological polar surface area (TPSA) is 61.3 Å². The maximum Gasteiger partial charge on any atom is 0.274 e. The van der Waals surface area contributed by atoms with E-state index < -0.39 is 0 Å². The molecule has 0 spiro atoms. The molecule has 0 atom stereocenters. The molecule has 1 N–H and O–H groups in total. The molecule has 0 saturated carbocycles. The molecule has 1 aliphatic rings. The zero-order valence-corrected chi connectivity index (χ0v) is 16.6.